The van der Waals surface area contributed by atoms with Crippen LogP contribution in [0.3, 0.4) is 0 Å². The summed E-state index contributed by atoms with van der Waals surface area (Å²) in [5.74, 6) is -3.67. The molecule has 0 heterocycles. The van der Waals surface area contributed by atoms with Gasteiger partial charge in [0.1, 0.15) is 5.82 Å². The molecule has 2 aromatic rings. The first kappa shape index (κ1) is 14.1. The lowest BCUT2D eigenvalue weighted by atomic mass is 10.0. The summed E-state index contributed by atoms with van der Waals surface area (Å²) in [4.78, 5) is 11.6. The smallest absolute Gasteiger partial charge is 0.341 e. The van der Waals surface area contributed by atoms with Gasteiger partial charge in [-0.15, -0.1) is 0 Å². The van der Waals surface area contributed by atoms with E-state index in [-0.39, 0.29) is 23.3 Å². The van der Waals surface area contributed by atoms with Crippen LogP contribution in [0.1, 0.15) is 17.3 Å². The zero-order valence-electron chi connectivity index (χ0n) is 10.6. The maximum Gasteiger partial charge on any atom is 0.341 e. The first-order valence-electron chi connectivity index (χ1n) is 5.95. The van der Waals surface area contributed by atoms with E-state index in [1.165, 1.54) is 18.2 Å². The van der Waals surface area contributed by atoms with E-state index in [4.69, 9.17) is 4.74 Å². The van der Waals surface area contributed by atoms with E-state index >= 15 is 0 Å². The van der Waals surface area contributed by atoms with Gasteiger partial charge in [-0.3, -0.25) is 0 Å². The normalized spacial score (nSPS) is 10.4. The Kier molecular flexibility index (Phi) is 4.08. The Morgan fingerprint density at radius 1 is 1.10 bits per heavy atom. The van der Waals surface area contributed by atoms with E-state index in [2.05, 4.69) is 0 Å². The van der Waals surface area contributed by atoms with Crippen molar-refractivity contribution < 1.29 is 22.7 Å². The second-order valence-electron chi connectivity index (χ2n) is 4.02. The number of esters is 1. The molecule has 2 aromatic carbocycles. The van der Waals surface area contributed by atoms with Gasteiger partial charge in [-0.2, -0.15) is 0 Å². The lowest BCUT2D eigenvalue weighted by Crippen LogP contribution is -2.07. The molecule has 0 saturated carbocycles. The summed E-state index contributed by atoms with van der Waals surface area (Å²) in [6.45, 7) is 1.68. The predicted molar refractivity (Wildman–Crippen MR) is 67.7 cm³/mol. The van der Waals surface area contributed by atoms with E-state index in [0.717, 1.165) is 18.2 Å². The van der Waals surface area contributed by atoms with E-state index < -0.39 is 23.4 Å². The average Bonchev–Trinajstić information content (AvgIpc) is 2.43. The molecule has 0 amide bonds. The van der Waals surface area contributed by atoms with Crippen molar-refractivity contribution in [2.45, 2.75) is 6.92 Å². The molecule has 2 rings (SSSR count). The summed E-state index contributed by atoms with van der Waals surface area (Å²) in [7, 11) is 0. The molecule has 0 unspecified atom stereocenters. The van der Waals surface area contributed by atoms with Crippen molar-refractivity contribution in [1.82, 2.24) is 0 Å². The Labute approximate surface area is 113 Å². The maximum atomic E-state index is 13.7. The van der Waals surface area contributed by atoms with Gasteiger partial charge in [0, 0.05) is 5.56 Å². The highest BCUT2D eigenvalue weighted by Crippen LogP contribution is 2.26. The standard InChI is InChI=1S/C15H11F3O2/c1-2-20-15(19)11-8-9(6-7-12(11)16)10-4-3-5-13(17)14(10)18/h3-8H,2H2,1H3. The molecule has 0 aromatic heterocycles. The highest BCUT2D eigenvalue weighted by Gasteiger charge is 2.16. The van der Waals surface area contributed by atoms with Crippen LogP contribution in [0.4, 0.5) is 13.2 Å². The molecule has 0 bridgehead atoms. The van der Waals surface area contributed by atoms with Crippen molar-refractivity contribution in [3.05, 3.63) is 59.4 Å². The van der Waals surface area contributed by atoms with Crippen molar-refractivity contribution >= 4 is 5.97 Å². The molecule has 0 radical (unpaired) electrons. The van der Waals surface area contributed by atoms with Crippen molar-refractivity contribution in [3.8, 4) is 11.1 Å². The topological polar surface area (TPSA) is 26.3 Å². The number of halogens is 3. The predicted octanol–water partition coefficient (Wildman–Crippen LogP) is 3.95. The molecular weight excluding hydrogens is 269 g/mol. The van der Waals surface area contributed by atoms with Crippen molar-refractivity contribution in [2.24, 2.45) is 0 Å². The van der Waals surface area contributed by atoms with E-state index in [0.29, 0.717) is 0 Å². The van der Waals surface area contributed by atoms with Gasteiger partial charge >= 0.3 is 5.97 Å². The van der Waals surface area contributed by atoms with Gasteiger partial charge in [0.05, 0.1) is 12.2 Å². The van der Waals surface area contributed by atoms with Crippen molar-refractivity contribution in [2.75, 3.05) is 6.61 Å². The van der Waals surface area contributed by atoms with Gasteiger partial charge in [0.15, 0.2) is 11.6 Å². The quantitative estimate of drug-likeness (QED) is 0.796. The minimum absolute atomic E-state index is 0.0458. The van der Waals surface area contributed by atoms with Gasteiger partial charge in [-0.05, 0) is 30.7 Å². The third-order valence-electron chi connectivity index (χ3n) is 2.72. The number of benzene rings is 2. The fourth-order valence-electron chi connectivity index (χ4n) is 1.78. The van der Waals surface area contributed by atoms with E-state index in [1.807, 2.05) is 0 Å². The first-order valence-corrected chi connectivity index (χ1v) is 5.95. The lowest BCUT2D eigenvalue weighted by Gasteiger charge is -2.08. The van der Waals surface area contributed by atoms with Crippen LogP contribution in [-0.2, 0) is 4.74 Å². The number of carbonyl (C=O) groups is 1. The van der Waals surface area contributed by atoms with Gasteiger partial charge in [-0.1, -0.05) is 18.2 Å². The molecule has 0 saturated heterocycles. The molecule has 104 valence electrons. The van der Waals surface area contributed by atoms with Gasteiger partial charge in [0.25, 0.3) is 0 Å². The van der Waals surface area contributed by atoms with Crippen LogP contribution in [0.5, 0.6) is 0 Å². The average molecular weight is 280 g/mol. The molecule has 0 spiro atoms. The molecule has 0 aliphatic carbocycles. The molecule has 2 nitrogen and oxygen atoms in total. The number of rotatable bonds is 3. The van der Waals surface area contributed by atoms with Crippen LogP contribution in [0.25, 0.3) is 11.1 Å². The SMILES string of the molecule is CCOC(=O)c1cc(-c2cccc(F)c2F)ccc1F. The van der Waals surface area contributed by atoms with Gasteiger partial charge < -0.3 is 4.74 Å². The number of ether oxygens (including phenoxy) is 1. The molecule has 0 aliphatic heterocycles. The molecule has 5 heteroatoms. The Hall–Kier alpha value is -2.30. The number of carbonyl (C=O) groups excluding carboxylic acids is 1. The van der Waals surface area contributed by atoms with Crippen LogP contribution in [0, 0.1) is 17.5 Å². The highest BCUT2D eigenvalue weighted by molar-refractivity contribution is 5.91. The van der Waals surface area contributed by atoms with Crippen molar-refractivity contribution in [1.29, 1.82) is 0 Å². The zero-order chi connectivity index (χ0) is 14.7. The van der Waals surface area contributed by atoms with Crippen LogP contribution in [-0.4, -0.2) is 12.6 Å². The highest BCUT2D eigenvalue weighted by atomic mass is 19.2. The fraction of sp³-hybridized carbons (Fsp3) is 0.133. The van der Waals surface area contributed by atoms with Gasteiger partial charge in [-0.25, -0.2) is 18.0 Å². The summed E-state index contributed by atoms with van der Waals surface area (Å²) in [6, 6.07) is 7.10. The largest absolute Gasteiger partial charge is 0.462 e. The summed E-state index contributed by atoms with van der Waals surface area (Å²) in [5, 5.41) is 0. The van der Waals surface area contributed by atoms with Crippen LogP contribution >= 0.6 is 0 Å². The number of hydrogen-bond acceptors (Lipinski definition) is 2. The number of hydrogen-bond donors (Lipinski definition) is 0. The van der Waals surface area contributed by atoms with Crippen molar-refractivity contribution in [3.63, 3.8) is 0 Å². The molecule has 0 aliphatic rings. The zero-order valence-corrected chi connectivity index (χ0v) is 10.6. The summed E-state index contributed by atoms with van der Waals surface area (Å²) >= 11 is 0. The molecule has 0 atom stereocenters. The minimum Gasteiger partial charge on any atom is -0.462 e. The summed E-state index contributed by atoms with van der Waals surface area (Å²) in [5.41, 5.74) is -0.157. The van der Waals surface area contributed by atoms with E-state index in [9.17, 15) is 18.0 Å². The van der Waals surface area contributed by atoms with Crippen LogP contribution in [0.2, 0.25) is 0 Å². The first-order chi connectivity index (χ1) is 9.54. The van der Waals surface area contributed by atoms with Crippen LogP contribution in [0.15, 0.2) is 36.4 Å². The Balaban J connectivity index is 2.51. The van der Waals surface area contributed by atoms with E-state index in [1.54, 1.807) is 6.92 Å². The monoisotopic (exact) mass is 280 g/mol. The maximum absolute atomic E-state index is 13.7. The second-order valence-corrected chi connectivity index (χ2v) is 4.02. The molecule has 0 fully saturated rings. The Morgan fingerprint density at radius 3 is 2.55 bits per heavy atom. The second kappa shape index (κ2) is 5.77. The Morgan fingerprint density at radius 2 is 1.85 bits per heavy atom. The third-order valence-corrected chi connectivity index (χ3v) is 2.72. The fourth-order valence-corrected chi connectivity index (χ4v) is 1.78. The van der Waals surface area contributed by atoms with Crippen LogP contribution < -0.4 is 0 Å². The Bertz CT molecular complexity index is 654. The molecular formula is C15H11F3O2. The minimum atomic E-state index is -1.05. The molecule has 0 N–H and O–H groups in total. The molecule has 20 heavy (non-hydrogen) atoms. The third kappa shape index (κ3) is 2.66. The summed E-state index contributed by atoms with van der Waals surface area (Å²) in [6.07, 6.45) is 0. The lowest BCUT2D eigenvalue weighted by molar-refractivity contribution is 0.0521. The summed E-state index contributed by atoms with van der Waals surface area (Å²) < 4.78 is 45.1. The van der Waals surface area contributed by atoms with Gasteiger partial charge in [0.2, 0.25) is 0 Å².